The van der Waals surface area contributed by atoms with Crippen molar-refractivity contribution in [2.24, 2.45) is 5.41 Å². The molecule has 0 bridgehead atoms. The van der Waals surface area contributed by atoms with Crippen molar-refractivity contribution < 1.29 is 146 Å². The molecule has 3 nitrogen and oxygen atoms in total. The van der Waals surface area contributed by atoms with Gasteiger partial charge in [0.25, 0.3) is 5.97 Å². The van der Waals surface area contributed by atoms with E-state index in [0.29, 0.717) is 0 Å². The fourth-order valence-electron chi connectivity index (χ4n) is 7.07. The quantitative estimate of drug-likeness (QED) is 0.0372. The normalized spacial score (nSPS) is 17.4. The van der Waals surface area contributed by atoms with Crippen molar-refractivity contribution in [2.75, 3.05) is 21.3 Å². The molecule has 0 rings (SSSR count). The van der Waals surface area contributed by atoms with Crippen molar-refractivity contribution in [1.82, 2.24) is 0 Å². The van der Waals surface area contributed by atoms with Crippen LogP contribution in [0.5, 0.6) is 0 Å². The molecule has 422 valence electrons. The molecule has 33 heteroatoms. The van der Waals surface area contributed by atoms with Gasteiger partial charge in [-0.3, -0.25) is 0 Å². The maximum absolute atomic E-state index is 16.5. The third-order valence-corrected chi connectivity index (χ3v) is 11.2. The molecule has 0 aliphatic carbocycles. The Kier molecular flexibility index (Phi) is 22.8. The minimum Gasteiger partial charge on any atom is -0.331 e. The molecule has 0 spiro atoms. The van der Waals surface area contributed by atoms with Gasteiger partial charge < -0.3 is 14.2 Å². The number of methoxy groups -OCH3 is 3. The van der Waals surface area contributed by atoms with E-state index in [1.807, 2.05) is 0 Å². The Hall–Kier alpha value is -2.22. The van der Waals surface area contributed by atoms with Gasteiger partial charge in [0.1, 0.15) is 0 Å². The Morgan fingerprint density at radius 3 is 0.700 bits per heavy atom. The molecule has 3 unspecified atom stereocenters. The van der Waals surface area contributed by atoms with Crippen molar-refractivity contribution >= 4 is 0 Å². The van der Waals surface area contributed by atoms with Crippen LogP contribution in [0.1, 0.15) is 109 Å². The number of alkyl halides is 30. The van der Waals surface area contributed by atoms with Gasteiger partial charge in [0.2, 0.25) is 0 Å². The van der Waals surface area contributed by atoms with E-state index < -0.39 is 192 Å². The first-order chi connectivity index (χ1) is 31.0. The van der Waals surface area contributed by atoms with Gasteiger partial charge in [-0.2, -0.15) is 119 Å². The molecule has 0 saturated carbocycles. The van der Waals surface area contributed by atoms with Crippen LogP contribution < -0.4 is 0 Å². The third-order valence-electron chi connectivity index (χ3n) is 11.2. The van der Waals surface area contributed by atoms with Gasteiger partial charge in [-0.05, 0) is 51.4 Å². The zero-order valence-electron chi connectivity index (χ0n) is 36.3. The molecule has 0 amide bonds. The summed E-state index contributed by atoms with van der Waals surface area (Å²) in [5.41, 5.74) is -8.84. The number of unbranched alkanes of at least 4 members (excludes halogenated alkanes) is 5. The van der Waals surface area contributed by atoms with E-state index in [-0.39, 0.29) is 19.3 Å². The Morgan fingerprint density at radius 1 is 0.271 bits per heavy atom. The van der Waals surface area contributed by atoms with Crippen LogP contribution in [-0.2, 0) is 14.2 Å². The molecule has 0 heterocycles. The molecule has 0 aromatic rings. The van der Waals surface area contributed by atoms with E-state index >= 15 is 79.0 Å². The molecule has 0 aromatic heterocycles. The molecule has 0 saturated heterocycles. The summed E-state index contributed by atoms with van der Waals surface area (Å²) in [5.74, 6) is -80.2. The second kappa shape index (κ2) is 23.5. The molecular formula is C37H46F30O3. The summed E-state index contributed by atoms with van der Waals surface area (Å²) in [6.07, 6.45) is -66.5. The van der Waals surface area contributed by atoms with E-state index in [9.17, 15) is 52.7 Å². The summed E-state index contributed by atoms with van der Waals surface area (Å²) in [6, 6.07) is 0. The second-order valence-electron chi connectivity index (χ2n) is 16.1. The lowest BCUT2D eigenvalue weighted by Crippen LogP contribution is -2.82. The molecular weight excluding hydrogens is 1060 g/mol. The first-order valence-electron chi connectivity index (χ1n) is 20.2. The first kappa shape index (κ1) is 67.8. The Morgan fingerprint density at radius 2 is 0.486 bits per heavy atom. The summed E-state index contributed by atoms with van der Waals surface area (Å²) in [5, 5.41) is 0. The Balaban J connectivity index is 8.56. The van der Waals surface area contributed by atoms with Crippen LogP contribution in [0.2, 0.25) is 0 Å². The van der Waals surface area contributed by atoms with Crippen LogP contribution in [0.3, 0.4) is 0 Å². The highest BCUT2D eigenvalue weighted by Crippen LogP contribution is 2.74. The van der Waals surface area contributed by atoms with E-state index in [2.05, 4.69) is 0 Å². The van der Waals surface area contributed by atoms with E-state index in [1.165, 1.54) is 0 Å². The van der Waals surface area contributed by atoms with Gasteiger partial charge in [0, 0.05) is 47.0 Å². The Labute approximate surface area is 378 Å². The van der Waals surface area contributed by atoms with Gasteiger partial charge in [0.05, 0.1) is 0 Å². The van der Waals surface area contributed by atoms with E-state index in [1.54, 1.807) is 0 Å². The van der Waals surface area contributed by atoms with Crippen molar-refractivity contribution in [3.63, 3.8) is 0 Å². The number of hydrogen-bond donors (Lipinski definition) is 0. The van der Waals surface area contributed by atoms with Crippen molar-refractivity contribution in [1.29, 1.82) is 0 Å². The summed E-state index contributed by atoms with van der Waals surface area (Å²) in [7, 11) is 3.05. The van der Waals surface area contributed by atoms with Gasteiger partial charge >= 0.3 is 71.8 Å². The predicted molar refractivity (Wildman–Crippen MR) is 182 cm³/mol. The fourth-order valence-corrected chi connectivity index (χ4v) is 7.07. The van der Waals surface area contributed by atoms with Crippen molar-refractivity contribution in [2.45, 2.75) is 205 Å². The molecule has 0 aliphatic rings. The molecule has 70 heavy (non-hydrogen) atoms. The summed E-state index contributed by atoms with van der Waals surface area (Å²) in [6.45, 7) is 0. The zero-order valence-corrected chi connectivity index (χ0v) is 36.3. The highest BCUT2D eigenvalue weighted by molar-refractivity contribution is 5.25. The molecule has 0 aliphatic heterocycles. The minimum atomic E-state index is -9.31. The summed E-state index contributed by atoms with van der Waals surface area (Å²) >= 11 is 0. The first-order valence-corrected chi connectivity index (χ1v) is 20.2. The lowest BCUT2D eigenvalue weighted by Gasteiger charge is -2.55. The van der Waals surface area contributed by atoms with Gasteiger partial charge in [0.15, 0.2) is 23.9 Å². The number of hydrogen-bond acceptors (Lipinski definition) is 3. The second-order valence-corrected chi connectivity index (χ2v) is 16.1. The smallest absolute Gasteiger partial charge is 0.331 e. The van der Waals surface area contributed by atoms with E-state index in [0.717, 1.165) is 21.3 Å². The number of rotatable bonds is 33. The molecule has 0 radical (unpaired) electrons. The monoisotopic (exact) mass is 1110 g/mol. The maximum atomic E-state index is 16.5. The van der Waals surface area contributed by atoms with Gasteiger partial charge in [-0.25, -0.2) is 13.2 Å². The van der Waals surface area contributed by atoms with Crippen LogP contribution in [-0.4, -0.2) is 118 Å². The third kappa shape index (κ3) is 14.1. The van der Waals surface area contributed by atoms with Crippen LogP contribution in [0.25, 0.3) is 0 Å². The summed E-state index contributed by atoms with van der Waals surface area (Å²) in [4.78, 5) is 0. The van der Waals surface area contributed by atoms with Crippen LogP contribution in [0.4, 0.5) is 132 Å². The van der Waals surface area contributed by atoms with Gasteiger partial charge in [-0.15, -0.1) is 0 Å². The SMILES string of the molecule is COC(CCCCCCCCC(C(F)(F)C(F)(F)C(F)(F)C(F)CCCC(F)(F)F)(C(F)(F)C(F)(F)C(F)(F)C(F)CCCC(F)(F)F)C(F)(F)C(F)(F)C(F)(F)C(F)CCCC(F)(F)F)(OC)OC. The zero-order chi connectivity index (χ0) is 55.9. The van der Waals surface area contributed by atoms with Crippen molar-refractivity contribution in [3.8, 4) is 0 Å². The minimum absolute atomic E-state index is 0.175. The van der Waals surface area contributed by atoms with Crippen molar-refractivity contribution in [3.05, 3.63) is 0 Å². The molecule has 3 atom stereocenters. The Bertz CT molecular complexity index is 1390. The molecule has 0 N–H and O–H groups in total. The van der Waals surface area contributed by atoms with E-state index in [4.69, 9.17) is 14.2 Å². The maximum Gasteiger partial charge on any atom is 0.389 e. The largest absolute Gasteiger partial charge is 0.389 e. The average Bonchev–Trinajstić information content (AvgIpc) is 3.19. The lowest BCUT2D eigenvalue weighted by atomic mass is 9.59. The predicted octanol–water partition coefficient (Wildman–Crippen LogP) is 16.6. The number of halogens is 30. The lowest BCUT2D eigenvalue weighted by molar-refractivity contribution is -0.482. The average molecular weight is 1110 g/mol. The van der Waals surface area contributed by atoms with Crippen LogP contribution in [0, 0.1) is 5.41 Å². The fraction of sp³-hybridized carbons (Fsp3) is 1.00. The van der Waals surface area contributed by atoms with Gasteiger partial charge in [-0.1, -0.05) is 32.1 Å². The summed E-state index contributed by atoms with van der Waals surface area (Å²) < 4.78 is 456. The van der Waals surface area contributed by atoms with Crippen LogP contribution in [0.15, 0.2) is 0 Å². The highest BCUT2D eigenvalue weighted by Gasteiger charge is 2.99. The molecule has 0 fully saturated rings. The standard InChI is InChI=1S/C37H46F30O3/c1-68-28(69-2,70-3)20-9-7-5-4-6-8-16-24(32(56,57)35(62,63)29(50,51)21(38)13-10-17-25(41,42)43,33(58,59)36(64,65)30(52,53)22(39)14-11-18-26(44,45)46)34(60,61)37(66,67)31(54,55)23(40)15-12-19-27(47,48)49/h21-23H,4-20H2,1-3H3. The van der Waals surface area contributed by atoms with Crippen LogP contribution >= 0.6 is 0 Å². The topological polar surface area (TPSA) is 27.7 Å². The highest BCUT2D eigenvalue weighted by atomic mass is 19.4. The molecule has 0 aromatic carbocycles. The number of ether oxygens (including phenoxy) is 3.